The number of nitrogens with zero attached hydrogens (tertiary/aromatic N) is 4. The largest absolute Gasteiger partial charge is 0.439 e. The van der Waals surface area contributed by atoms with Crippen molar-refractivity contribution in [2.24, 2.45) is 0 Å². The molecule has 2 bridgehead atoms. The molecule has 1 aromatic carbocycles. The average Bonchev–Trinajstić information content (AvgIpc) is 3.47. The van der Waals surface area contributed by atoms with Crippen LogP contribution < -0.4 is 15.4 Å². The summed E-state index contributed by atoms with van der Waals surface area (Å²) in [5.41, 5.74) is 2.45. The van der Waals surface area contributed by atoms with Crippen molar-refractivity contribution in [3.63, 3.8) is 0 Å². The number of para-hydroxylation sites is 1. The predicted octanol–water partition coefficient (Wildman–Crippen LogP) is 5.28. The maximum Gasteiger partial charge on any atom is 0.439 e. The second-order valence-electron chi connectivity index (χ2n) is 10.6. The zero-order valence-electron chi connectivity index (χ0n) is 21.5. The normalized spacial score (nSPS) is 22.3. The van der Waals surface area contributed by atoms with E-state index in [1.165, 1.54) is 6.07 Å². The molecule has 1 N–H and O–H groups in total. The summed E-state index contributed by atoms with van der Waals surface area (Å²) in [5, 5.41) is 8.00. The zero-order chi connectivity index (χ0) is 27.2. The van der Waals surface area contributed by atoms with Gasteiger partial charge in [-0.25, -0.2) is 9.78 Å². The van der Waals surface area contributed by atoms with Gasteiger partial charge in [0, 0.05) is 40.9 Å². The molecule has 0 amide bonds. The number of nitrogens with one attached hydrogen (secondary N) is 1. The number of pyridine rings is 1. The fourth-order valence-electron chi connectivity index (χ4n) is 6.07. The van der Waals surface area contributed by atoms with Crippen LogP contribution in [0.15, 0.2) is 56.4 Å². The summed E-state index contributed by atoms with van der Waals surface area (Å²) in [6.07, 6.45) is 7.55. The molecule has 7 rings (SSSR count). The van der Waals surface area contributed by atoms with Gasteiger partial charge in [0.1, 0.15) is 23.0 Å². The number of aromatic amines is 1. The molecule has 0 spiro atoms. The monoisotopic (exact) mass is 551 g/mol. The number of aromatic nitrogens is 4. The van der Waals surface area contributed by atoms with Crippen molar-refractivity contribution in [3.8, 4) is 28.4 Å². The highest BCUT2D eigenvalue weighted by Gasteiger charge is 2.42. The van der Waals surface area contributed by atoms with Crippen LogP contribution in [0, 0.1) is 0 Å². The van der Waals surface area contributed by atoms with Gasteiger partial charge in [-0.2, -0.15) is 8.78 Å². The summed E-state index contributed by atoms with van der Waals surface area (Å²) in [5.74, 6) is 1.75. The highest BCUT2D eigenvalue weighted by atomic mass is 19.3. The molecule has 1 aliphatic carbocycles. The quantitative estimate of drug-likeness (QED) is 0.296. The van der Waals surface area contributed by atoms with Crippen LogP contribution in [0.25, 0.3) is 22.6 Å². The third-order valence-corrected chi connectivity index (χ3v) is 8.00. The molecule has 3 aliphatic rings. The number of hydrogen-bond acceptors (Lipinski definition) is 9. The first kappa shape index (κ1) is 24.9. The van der Waals surface area contributed by atoms with E-state index in [4.69, 9.17) is 14.0 Å². The van der Waals surface area contributed by atoms with Crippen molar-refractivity contribution < 1.29 is 27.3 Å². The first-order valence-corrected chi connectivity index (χ1v) is 13.5. The lowest BCUT2D eigenvalue weighted by Crippen LogP contribution is -2.46. The number of anilines is 1. The molecule has 40 heavy (non-hydrogen) atoms. The lowest BCUT2D eigenvalue weighted by Gasteiger charge is -2.39. The van der Waals surface area contributed by atoms with Gasteiger partial charge in [-0.05, 0) is 62.8 Å². The first-order chi connectivity index (χ1) is 19.5. The fourth-order valence-corrected chi connectivity index (χ4v) is 6.07. The maximum absolute atomic E-state index is 13.1. The molecule has 12 heteroatoms. The van der Waals surface area contributed by atoms with Crippen LogP contribution in [-0.4, -0.2) is 45.1 Å². The molecule has 4 aromatic rings. The Labute approximate surface area is 227 Å². The van der Waals surface area contributed by atoms with Crippen molar-refractivity contribution in [1.29, 1.82) is 0 Å². The molecule has 3 aromatic heterocycles. The Bertz CT molecular complexity index is 1530. The van der Waals surface area contributed by atoms with Gasteiger partial charge in [-0.1, -0.05) is 22.4 Å². The molecule has 208 valence electrons. The van der Waals surface area contributed by atoms with Gasteiger partial charge in [-0.3, -0.25) is 9.51 Å². The Morgan fingerprint density at radius 2 is 1.82 bits per heavy atom. The fraction of sp³-hybridized carbons (Fsp3) is 0.429. The number of piperidine rings is 1. The van der Waals surface area contributed by atoms with Gasteiger partial charge in [0.05, 0.1) is 12.7 Å². The number of H-pyrrole nitrogens is 1. The third kappa shape index (κ3) is 4.76. The summed E-state index contributed by atoms with van der Waals surface area (Å²) in [7, 11) is 0. The molecule has 1 unspecified atom stereocenters. The van der Waals surface area contributed by atoms with E-state index >= 15 is 0 Å². The number of hydrogen-bond donors (Lipinski definition) is 1. The maximum atomic E-state index is 13.1. The van der Waals surface area contributed by atoms with Crippen molar-refractivity contribution in [1.82, 2.24) is 20.3 Å². The molecule has 0 radical (unpaired) electrons. The molecule has 3 fully saturated rings. The average molecular weight is 552 g/mol. The van der Waals surface area contributed by atoms with Crippen LogP contribution in [-0.2, 0) is 11.3 Å². The number of ether oxygens (including phenoxy) is 2. The molecule has 10 nitrogen and oxygen atoms in total. The lowest BCUT2D eigenvalue weighted by molar-refractivity contribution is -0.0494. The Hall–Kier alpha value is -4.06. The smallest absolute Gasteiger partial charge is 0.434 e. The van der Waals surface area contributed by atoms with Gasteiger partial charge in [0.2, 0.25) is 0 Å². The second kappa shape index (κ2) is 10.2. The van der Waals surface area contributed by atoms with Crippen LogP contribution in [0.3, 0.4) is 0 Å². The van der Waals surface area contributed by atoms with E-state index in [2.05, 4.69) is 29.7 Å². The van der Waals surface area contributed by atoms with Crippen LogP contribution in [0.4, 0.5) is 14.6 Å². The summed E-state index contributed by atoms with van der Waals surface area (Å²) < 4.78 is 47.7. The van der Waals surface area contributed by atoms with E-state index < -0.39 is 12.4 Å². The Morgan fingerprint density at radius 1 is 1.02 bits per heavy atom. The van der Waals surface area contributed by atoms with Gasteiger partial charge in [-0.15, -0.1) is 0 Å². The predicted molar refractivity (Wildman–Crippen MR) is 138 cm³/mol. The molecular formula is C28H27F2N5O5. The van der Waals surface area contributed by atoms with E-state index in [9.17, 15) is 13.6 Å². The molecular weight excluding hydrogens is 524 g/mol. The van der Waals surface area contributed by atoms with E-state index in [1.807, 2.05) is 12.1 Å². The Morgan fingerprint density at radius 3 is 2.50 bits per heavy atom. The minimum atomic E-state index is -2.94. The number of halogens is 2. The van der Waals surface area contributed by atoms with Crippen molar-refractivity contribution >= 4 is 5.82 Å². The van der Waals surface area contributed by atoms with Crippen molar-refractivity contribution in [3.05, 3.63) is 64.5 Å². The SMILES string of the molecule is O=c1[nH]c(-c2ccc(N3[C@@H]4CC[C@H]3CC(OCc3c(-c5ccccc5OC(F)F)noc3C3CC3)C4)nc2)no1. The summed E-state index contributed by atoms with van der Waals surface area (Å²) in [4.78, 5) is 20.8. The van der Waals surface area contributed by atoms with Crippen LogP contribution in [0.1, 0.15) is 55.8 Å². The summed E-state index contributed by atoms with van der Waals surface area (Å²) in [6.45, 7) is -2.64. The van der Waals surface area contributed by atoms with Gasteiger partial charge in [0.15, 0.2) is 5.82 Å². The molecule has 2 saturated heterocycles. The van der Waals surface area contributed by atoms with Crippen molar-refractivity contribution in [2.45, 2.75) is 75.8 Å². The topological polar surface area (TPSA) is 120 Å². The van der Waals surface area contributed by atoms with E-state index in [1.54, 1.807) is 24.4 Å². The summed E-state index contributed by atoms with van der Waals surface area (Å²) >= 11 is 0. The van der Waals surface area contributed by atoms with Crippen molar-refractivity contribution in [2.75, 3.05) is 4.90 Å². The van der Waals surface area contributed by atoms with Gasteiger partial charge < -0.3 is 18.9 Å². The van der Waals surface area contributed by atoms with Gasteiger partial charge in [0.25, 0.3) is 0 Å². The zero-order valence-corrected chi connectivity index (χ0v) is 21.5. The lowest BCUT2D eigenvalue weighted by atomic mass is 9.99. The van der Waals surface area contributed by atoms with Gasteiger partial charge >= 0.3 is 12.4 Å². The van der Waals surface area contributed by atoms with Crippen LogP contribution in [0.2, 0.25) is 0 Å². The van der Waals surface area contributed by atoms with Crippen LogP contribution in [0.5, 0.6) is 5.75 Å². The van der Waals surface area contributed by atoms with E-state index in [-0.39, 0.29) is 17.8 Å². The highest BCUT2D eigenvalue weighted by molar-refractivity contribution is 5.70. The molecule has 2 aliphatic heterocycles. The third-order valence-electron chi connectivity index (χ3n) is 8.00. The minimum Gasteiger partial charge on any atom is -0.434 e. The standard InChI is InChI=1S/C28H27F2N5O5/c29-27(30)38-22-4-2-1-3-20(22)24-21(25(39-33-24)15-5-6-15)14-37-19-11-17-8-9-18(12-19)35(17)23-10-7-16(13-31-23)26-32-28(36)40-34-26/h1-4,7,10,13,15,17-19,27H,5-6,8-9,11-12,14H2,(H,32,34,36)/t17-,18+,19?. The minimum absolute atomic E-state index is 0.0376. The number of fused-ring (bicyclic) bond motifs is 2. The number of benzene rings is 1. The van der Waals surface area contributed by atoms with Crippen LogP contribution >= 0.6 is 0 Å². The molecule has 1 saturated carbocycles. The Kier molecular flexibility index (Phi) is 6.34. The number of rotatable bonds is 9. The molecule has 5 heterocycles. The highest BCUT2D eigenvalue weighted by Crippen LogP contribution is 2.46. The van der Waals surface area contributed by atoms with E-state index in [0.29, 0.717) is 41.3 Å². The molecule has 3 atom stereocenters. The number of alkyl halides is 2. The first-order valence-electron chi connectivity index (χ1n) is 13.5. The Balaban J connectivity index is 1.07. The van der Waals surface area contributed by atoms with E-state index in [0.717, 1.165) is 55.7 Å². The summed E-state index contributed by atoms with van der Waals surface area (Å²) in [6, 6.07) is 11.0. The second-order valence-corrected chi connectivity index (χ2v) is 10.6.